The summed E-state index contributed by atoms with van der Waals surface area (Å²) in [5.41, 5.74) is 1.82. The van der Waals surface area contributed by atoms with Crippen LogP contribution >= 0.6 is 12.4 Å². The summed E-state index contributed by atoms with van der Waals surface area (Å²) in [5, 5.41) is 3.07. The molecule has 40 heavy (non-hydrogen) atoms. The highest BCUT2D eigenvalue weighted by molar-refractivity contribution is 5.85. The number of hydrogen-bond donors (Lipinski definition) is 1. The Morgan fingerprint density at radius 1 is 0.725 bits per heavy atom. The van der Waals surface area contributed by atoms with Crippen LogP contribution in [0.3, 0.4) is 0 Å². The van der Waals surface area contributed by atoms with E-state index in [1.165, 1.54) is 96.3 Å². The molecule has 1 aliphatic heterocycles. The van der Waals surface area contributed by atoms with Gasteiger partial charge in [0.2, 0.25) is 5.91 Å². The molecule has 230 valence electrons. The van der Waals surface area contributed by atoms with E-state index in [1.54, 1.807) is 4.90 Å². The summed E-state index contributed by atoms with van der Waals surface area (Å²) in [5.74, 6) is 0.0359. The first-order chi connectivity index (χ1) is 19.1. The van der Waals surface area contributed by atoms with Gasteiger partial charge in [-0.2, -0.15) is 0 Å². The first-order valence-corrected chi connectivity index (χ1v) is 16.0. The van der Waals surface area contributed by atoms with Crippen molar-refractivity contribution in [2.45, 2.75) is 123 Å². The van der Waals surface area contributed by atoms with Gasteiger partial charge in [-0.15, -0.1) is 12.4 Å². The fraction of sp³-hybridized carbons (Fsp3) is 0.758. The Kier molecular flexibility index (Phi) is 21.6. The molecule has 6 nitrogen and oxygen atoms in total. The summed E-state index contributed by atoms with van der Waals surface area (Å²) >= 11 is 0. The third-order valence-electron chi connectivity index (χ3n) is 7.93. The molecule has 1 heterocycles. The minimum atomic E-state index is -0.272. The van der Waals surface area contributed by atoms with Crippen LogP contribution in [-0.2, 0) is 22.6 Å². The van der Waals surface area contributed by atoms with Crippen molar-refractivity contribution < 1.29 is 14.3 Å². The van der Waals surface area contributed by atoms with Gasteiger partial charge in [-0.25, -0.2) is 4.79 Å². The van der Waals surface area contributed by atoms with Crippen molar-refractivity contribution in [2.24, 2.45) is 0 Å². The minimum Gasteiger partial charge on any atom is -0.445 e. The van der Waals surface area contributed by atoms with Crippen molar-refractivity contribution >= 4 is 24.4 Å². The number of benzene rings is 1. The summed E-state index contributed by atoms with van der Waals surface area (Å²) in [6.07, 6.45) is 21.7. The lowest BCUT2D eigenvalue weighted by Crippen LogP contribution is -2.47. The van der Waals surface area contributed by atoms with Crippen molar-refractivity contribution in [2.75, 3.05) is 39.8 Å². The largest absolute Gasteiger partial charge is 0.445 e. The average molecular weight is 580 g/mol. The van der Waals surface area contributed by atoms with E-state index >= 15 is 0 Å². The van der Waals surface area contributed by atoms with Gasteiger partial charge in [-0.1, -0.05) is 128 Å². The van der Waals surface area contributed by atoms with E-state index in [2.05, 4.69) is 24.2 Å². The van der Waals surface area contributed by atoms with Crippen LogP contribution in [0.1, 0.15) is 121 Å². The van der Waals surface area contributed by atoms with Crippen LogP contribution in [0.2, 0.25) is 0 Å². The molecule has 1 N–H and O–H groups in total. The van der Waals surface area contributed by atoms with Crippen molar-refractivity contribution in [3.8, 4) is 0 Å². The van der Waals surface area contributed by atoms with E-state index in [4.69, 9.17) is 4.74 Å². The Morgan fingerprint density at radius 2 is 1.20 bits per heavy atom. The van der Waals surface area contributed by atoms with Gasteiger partial charge in [0, 0.05) is 32.7 Å². The molecule has 1 aromatic carbocycles. The number of rotatable bonds is 21. The number of ether oxygens (including phenoxy) is 1. The number of nitrogens with zero attached hydrogens (tertiary/aromatic N) is 2. The van der Waals surface area contributed by atoms with E-state index in [1.807, 2.05) is 24.3 Å². The number of carbonyl (C=O) groups excluding carboxylic acids is 2. The maximum absolute atomic E-state index is 12.5. The maximum atomic E-state index is 12.5. The fourth-order valence-corrected chi connectivity index (χ4v) is 5.23. The summed E-state index contributed by atoms with van der Waals surface area (Å²) in [6.45, 7) is 6.34. The molecule has 7 heteroatoms. The highest BCUT2D eigenvalue weighted by atomic mass is 35.5. The average Bonchev–Trinajstić information content (AvgIpc) is 2.94. The Balaban J connectivity index is 0.00000800. The molecular weight excluding hydrogens is 522 g/mol. The number of amides is 2. The molecule has 0 aliphatic carbocycles. The van der Waals surface area contributed by atoms with E-state index in [0.717, 1.165) is 37.2 Å². The Hall–Kier alpha value is -1.79. The molecule has 0 saturated carbocycles. The third-order valence-corrected chi connectivity index (χ3v) is 7.93. The van der Waals surface area contributed by atoms with Crippen molar-refractivity contribution in [1.29, 1.82) is 0 Å². The third kappa shape index (κ3) is 17.1. The number of unbranched alkanes of at least 4 members (excludes halogenated alkanes) is 15. The highest BCUT2D eigenvalue weighted by Crippen LogP contribution is 2.15. The molecule has 0 aromatic heterocycles. The van der Waals surface area contributed by atoms with Crippen molar-refractivity contribution in [3.05, 3.63) is 35.4 Å². The van der Waals surface area contributed by atoms with Crippen molar-refractivity contribution in [3.63, 3.8) is 0 Å². The number of likely N-dealkylation sites (N-methyl/N-ethyl adjacent to an activating group) is 1. The fourth-order valence-electron chi connectivity index (χ4n) is 5.23. The summed E-state index contributed by atoms with van der Waals surface area (Å²) in [7, 11) is 2.06. The summed E-state index contributed by atoms with van der Waals surface area (Å²) in [6, 6.07) is 7.75. The molecule has 0 radical (unpaired) electrons. The van der Waals surface area contributed by atoms with Gasteiger partial charge in [0.05, 0.1) is 6.42 Å². The highest BCUT2D eigenvalue weighted by Gasteiger charge is 2.20. The van der Waals surface area contributed by atoms with Crippen LogP contribution in [0, 0.1) is 0 Å². The van der Waals surface area contributed by atoms with Gasteiger partial charge in [0.15, 0.2) is 0 Å². The minimum absolute atomic E-state index is 0. The SMILES string of the molecule is CCCCCCCCCCCCCCCCCCNC(=O)Cc1ccccc1COC(=O)N1CCN(C)CC1.Cl. The second-order valence-corrected chi connectivity index (χ2v) is 11.4. The van der Waals surface area contributed by atoms with Crippen LogP contribution in [-0.4, -0.2) is 61.6 Å². The topological polar surface area (TPSA) is 61.9 Å². The molecule has 2 amide bonds. The van der Waals surface area contributed by atoms with Crippen LogP contribution in [0.25, 0.3) is 0 Å². The molecule has 1 saturated heterocycles. The standard InChI is InChI=1S/C33H57N3O3.ClH/c1-3-4-5-6-7-8-9-10-11-12-13-14-15-16-17-20-23-34-32(37)28-30-21-18-19-22-31(30)29-39-33(38)36-26-24-35(2)25-27-36;/h18-19,21-22H,3-17,20,23-29H2,1-2H3,(H,34,37);1H. The summed E-state index contributed by atoms with van der Waals surface area (Å²) < 4.78 is 5.56. The van der Waals surface area contributed by atoms with E-state index < -0.39 is 0 Å². The zero-order chi connectivity index (χ0) is 28.0. The Bertz CT molecular complexity index is 784. The zero-order valence-corrected chi connectivity index (χ0v) is 26.4. The van der Waals surface area contributed by atoms with Crippen LogP contribution in [0.5, 0.6) is 0 Å². The molecule has 1 fully saturated rings. The number of carbonyl (C=O) groups is 2. The normalized spacial score (nSPS) is 13.6. The number of halogens is 1. The van der Waals surface area contributed by atoms with Crippen LogP contribution in [0.15, 0.2) is 24.3 Å². The number of nitrogens with one attached hydrogen (secondary N) is 1. The predicted molar refractivity (Wildman–Crippen MR) is 169 cm³/mol. The maximum Gasteiger partial charge on any atom is 0.410 e. The van der Waals surface area contributed by atoms with Gasteiger partial charge < -0.3 is 19.9 Å². The number of piperazine rings is 1. The van der Waals surface area contributed by atoms with E-state index in [0.29, 0.717) is 19.5 Å². The summed E-state index contributed by atoms with van der Waals surface area (Å²) in [4.78, 5) is 28.9. The molecule has 2 rings (SSSR count). The second-order valence-electron chi connectivity index (χ2n) is 11.4. The van der Waals surface area contributed by atoms with Crippen LogP contribution < -0.4 is 5.32 Å². The lowest BCUT2D eigenvalue weighted by molar-refractivity contribution is -0.120. The Morgan fingerprint density at radius 3 is 1.73 bits per heavy atom. The zero-order valence-electron chi connectivity index (χ0n) is 25.6. The van der Waals surface area contributed by atoms with E-state index in [-0.39, 0.29) is 31.0 Å². The second kappa shape index (κ2) is 23.9. The molecule has 1 aromatic rings. The Labute approximate surface area is 251 Å². The van der Waals surface area contributed by atoms with Crippen LogP contribution in [0.4, 0.5) is 4.79 Å². The smallest absolute Gasteiger partial charge is 0.410 e. The lowest BCUT2D eigenvalue weighted by Gasteiger charge is -2.31. The van der Waals surface area contributed by atoms with Gasteiger partial charge in [-0.3, -0.25) is 4.79 Å². The van der Waals surface area contributed by atoms with E-state index in [9.17, 15) is 9.59 Å². The monoisotopic (exact) mass is 579 g/mol. The van der Waals surface area contributed by atoms with Gasteiger partial charge in [0.25, 0.3) is 0 Å². The molecule has 0 spiro atoms. The molecule has 0 unspecified atom stereocenters. The molecule has 1 aliphatic rings. The predicted octanol–water partition coefficient (Wildman–Crippen LogP) is 7.91. The van der Waals surface area contributed by atoms with Gasteiger partial charge in [0.1, 0.15) is 6.61 Å². The van der Waals surface area contributed by atoms with Crippen molar-refractivity contribution in [1.82, 2.24) is 15.1 Å². The first-order valence-electron chi connectivity index (χ1n) is 16.0. The molecular formula is C33H58ClN3O3. The first kappa shape index (κ1) is 36.2. The quantitative estimate of drug-likeness (QED) is 0.150. The van der Waals surface area contributed by atoms with Gasteiger partial charge >= 0.3 is 6.09 Å². The molecule has 0 bridgehead atoms. The molecule has 0 atom stereocenters. The lowest BCUT2D eigenvalue weighted by atomic mass is 10.0. The number of hydrogen-bond acceptors (Lipinski definition) is 4. The van der Waals surface area contributed by atoms with Gasteiger partial charge in [-0.05, 0) is 24.6 Å².